The maximum atomic E-state index is 5.72. The van der Waals surface area contributed by atoms with Gasteiger partial charge in [-0.05, 0) is 103 Å². The van der Waals surface area contributed by atoms with Gasteiger partial charge in [0.25, 0.3) is 0 Å². The fraction of sp³-hybridized carbons (Fsp3) is 0.654. The standard InChI is InChI=1S/C26H35NO/c1-17-13-18(16-27-15-17)22-7-8-23-21-6-5-19-14-20(28-4)9-11-25(19,2)24(21)10-12-26(22,23)3/h5,7,13,15-16,20-21,23-24H,6,8-12,14H2,1-4H3/t20?,21?,23?,24?,25-,26+/m0/s1. The largest absolute Gasteiger partial charge is 0.381 e. The minimum absolute atomic E-state index is 0.322. The molecule has 0 N–H and O–H groups in total. The van der Waals surface area contributed by atoms with Crippen molar-refractivity contribution in [3.8, 4) is 0 Å². The summed E-state index contributed by atoms with van der Waals surface area (Å²) in [5.74, 6) is 2.47. The summed E-state index contributed by atoms with van der Waals surface area (Å²) in [7, 11) is 1.89. The molecule has 0 saturated heterocycles. The van der Waals surface area contributed by atoms with Crippen molar-refractivity contribution in [1.82, 2.24) is 4.98 Å². The Morgan fingerprint density at radius 2 is 1.82 bits per heavy atom. The summed E-state index contributed by atoms with van der Waals surface area (Å²) in [5, 5.41) is 0. The van der Waals surface area contributed by atoms with Crippen molar-refractivity contribution in [3.05, 3.63) is 47.3 Å². The molecule has 4 unspecified atom stereocenters. The Kier molecular flexibility index (Phi) is 4.36. The van der Waals surface area contributed by atoms with Gasteiger partial charge in [0, 0.05) is 19.5 Å². The van der Waals surface area contributed by atoms with E-state index < -0.39 is 0 Å². The van der Waals surface area contributed by atoms with Crippen LogP contribution in [0.25, 0.3) is 5.57 Å². The van der Waals surface area contributed by atoms with Crippen LogP contribution in [0.3, 0.4) is 0 Å². The van der Waals surface area contributed by atoms with E-state index in [9.17, 15) is 0 Å². The van der Waals surface area contributed by atoms with Crippen molar-refractivity contribution in [2.75, 3.05) is 7.11 Å². The molecule has 2 saturated carbocycles. The Morgan fingerprint density at radius 3 is 2.61 bits per heavy atom. The SMILES string of the molecule is COC1CC[C@@]2(C)C(=CCC3C2CC[C@]2(C)C(c4cncc(C)c4)=CCC32)C1. The highest BCUT2D eigenvalue weighted by Gasteiger charge is 2.56. The molecule has 0 bridgehead atoms. The number of aromatic nitrogens is 1. The number of hydrogen-bond acceptors (Lipinski definition) is 2. The molecule has 1 aromatic heterocycles. The molecule has 0 radical (unpaired) electrons. The van der Waals surface area contributed by atoms with Crippen LogP contribution in [0.2, 0.25) is 0 Å². The summed E-state index contributed by atoms with van der Waals surface area (Å²) in [6.07, 6.45) is 18.6. The number of methoxy groups -OCH3 is 1. The predicted octanol–water partition coefficient (Wildman–Crippen LogP) is 6.36. The summed E-state index contributed by atoms with van der Waals surface area (Å²) in [6, 6.07) is 2.34. The molecular formula is C26H35NO. The number of allylic oxidation sites excluding steroid dienone is 3. The molecule has 0 aromatic carbocycles. The van der Waals surface area contributed by atoms with Gasteiger partial charge in [-0.2, -0.15) is 0 Å². The maximum absolute atomic E-state index is 5.72. The molecule has 1 aromatic rings. The van der Waals surface area contributed by atoms with Crippen molar-refractivity contribution in [2.24, 2.45) is 28.6 Å². The summed E-state index contributed by atoms with van der Waals surface area (Å²) in [6.45, 7) is 7.30. The van der Waals surface area contributed by atoms with Crippen LogP contribution in [0.5, 0.6) is 0 Å². The van der Waals surface area contributed by atoms with Gasteiger partial charge in [-0.1, -0.05) is 31.6 Å². The van der Waals surface area contributed by atoms with Gasteiger partial charge in [0.1, 0.15) is 0 Å². The van der Waals surface area contributed by atoms with E-state index in [0.29, 0.717) is 16.9 Å². The quantitative estimate of drug-likeness (QED) is 0.559. The lowest BCUT2D eigenvalue weighted by Gasteiger charge is -2.58. The second-order valence-electron chi connectivity index (χ2n) is 10.4. The van der Waals surface area contributed by atoms with E-state index in [-0.39, 0.29) is 0 Å². The molecule has 2 fully saturated rings. The first-order valence-electron chi connectivity index (χ1n) is 11.3. The Bertz CT molecular complexity index is 839. The predicted molar refractivity (Wildman–Crippen MR) is 115 cm³/mol. The van der Waals surface area contributed by atoms with Gasteiger partial charge >= 0.3 is 0 Å². The summed E-state index contributed by atoms with van der Waals surface area (Å²) in [4.78, 5) is 4.50. The average Bonchev–Trinajstić information content (AvgIpc) is 3.04. The second-order valence-corrected chi connectivity index (χ2v) is 10.4. The number of nitrogens with zero attached hydrogens (tertiary/aromatic N) is 1. The first-order valence-corrected chi connectivity index (χ1v) is 11.3. The van der Waals surface area contributed by atoms with Crippen LogP contribution in [-0.2, 0) is 4.74 Å². The molecule has 6 atom stereocenters. The second kappa shape index (κ2) is 6.55. The third-order valence-corrected chi connectivity index (χ3v) is 9.16. The van der Waals surface area contributed by atoms with Crippen LogP contribution >= 0.6 is 0 Å². The van der Waals surface area contributed by atoms with Gasteiger partial charge in [0.2, 0.25) is 0 Å². The molecule has 2 heteroatoms. The smallest absolute Gasteiger partial charge is 0.0608 e. The zero-order valence-corrected chi connectivity index (χ0v) is 18.0. The lowest BCUT2D eigenvalue weighted by Crippen LogP contribution is -2.49. The molecule has 150 valence electrons. The Labute approximate surface area is 170 Å². The highest BCUT2D eigenvalue weighted by Crippen LogP contribution is 2.66. The number of fused-ring (bicyclic) bond motifs is 5. The third-order valence-electron chi connectivity index (χ3n) is 9.16. The maximum Gasteiger partial charge on any atom is 0.0608 e. The molecule has 0 amide bonds. The van der Waals surface area contributed by atoms with Gasteiger partial charge in [-0.25, -0.2) is 0 Å². The molecular weight excluding hydrogens is 342 g/mol. The molecule has 1 heterocycles. The van der Waals surface area contributed by atoms with Gasteiger partial charge in [-0.3, -0.25) is 4.98 Å². The first-order chi connectivity index (χ1) is 13.5. The van der Waals surface area contributed by atoms with Gasteiger partial charge < -0.3 is 4.74 Å². The van der Waals surface area contributed by atoms with Crippen molar-refractivity contribution < 1.29 is 4.74 Å². The number of pyridine rings is 1. The minimum Gasteiger partial charge on any atom is -0.381 e. The number of hydrogen-bond donors (Lipinski definition) is 0. The van der Waals surface area contributed by atoms with E-state index >= 15 is 0 Å². The van der Waals surface area contributed by atoms with E-state index in [1.807, 2.05) is 13.3 Å². The minimum atomic E-state index is 0.322. The number of aryl methyl sites for hydroxylation is 1. The summed E-state index contributed by atoms with van der Waals surface area (Å²) >= 11 is 0. The van der Waals surface area contributed by atoms with Crippen molar-refractivity contribution in [3.63, 3.8) is 0 Å². The van der Waals surface area contributed by atoms with E-state index in [4.69, 9.17) is 4.74 Å². The van der Waals surface area contributed by atoms with Gasteiger partial charge in [0.05, 0.1) is 6.10 Å². The Hall–Kier alpha value is -1.41. The van der Waals surface area contributed by atoms with E-state index in [1.165, 1.54) is 49.7 Å². The normalized spacial score (nSPS) is 42.1. The fourth-order valence-corrected chi connectivity index (χ4v) is 7.55. The van der Waals surface area contributed by atoms with Crippen LogP contribution in [0.1, 0.15) is 69.9 Å². The monoisotopic (exact) mass is 377 g/mol. The molecule has 28 heavy (non-hydrogen) atoms. The third kappa shape index (κ3) is 2.60. The van der Waals surface area contributed by atoms with E-state index in [0.717, 1.165) is 24.2 Å². The Morgan fingerprint density at radius 1 is 1.00 bits per heavy atom. The van der Waals surface area contributed by atoms with Crippen LogP contribution < -0.4 is 0 Å². The highest BCUT2D eigenvalue weighted by molar-refractivity contribution is 5.72. The molecule has 5 rings (SSSR count). The number of ether oxygens (including phenoxy) is 1. The number of rotatable bonds is 2. The topological polar surface area (TPSA) is 22.1 Å². The molecule has 2 nitrogen and oxygen atoms in total. The van der Waals surface area contributed by atoms with Crippen LogP contribution in [0.15, 0.2) is 36.2 Å². The zero-order chi connectivity index (χ0) is 19.5. The van der Waals surface area contributed by atoms with Crippen molar-refractivity contribution in [2.45, 2.75) is 71.8 Å². The zero-order valence-electron chi connectivity index (χ0n) is 18.0. The highest BCUT2D eigenvalue weighted by atomic mass is 16.5. The average molecular weight is 378 g/mol. The summed E-state index contributed by atoms with van der Waals surface area (Å²) in [5.41, 5.74) is 6.66. The van der Waals surface area contributed by atoms with Crippen LogP contribution in [-0.4, -0.2) is 18.2 Å². The van der Waals surface area contributed by atoms with E-state index in [2.05, 4.69) is 50.2 Å². The molecule has 0 spiro atoms. The van der Waals surface area contributed by atoms with Crippen LogP contribution in [0.4, 0.5) is 0 Å². The van der Waals surface area contributed by atoms with Crippen molar-refractivity contribution in [1.29, 1.82) is 0 Å². The van der Waals surface area contributed by atoms with Crippen LogP contribution in [0, 0.1) is 35.5 Å². The van der Waals surface area contributed by atoms with Gasteiger partial charge in [-0.15, -0.1) is 0 Å². The lowest BCUT2D eigenvalue weighted by molar-refractivity contribution is -0.0301. The first kappa shape index (κ1) is 18.6. The molecule has 0 aliphatic heterocycles. The van der Waals surface area contributed by atoms with Crippen molar-refractivity contribution >= 4 is 5.57 Å². The van der Waals surface area contributed by atoms with E-state index in [1.54, 1.807) is 11.1 Å². The molecule has 4 aliphatic rings. The molecule has 4 aliphatic carbocycles. The Balaban J connectivity index is 1.45. The summed E-state index contributed by atoms with van der Waals surface area (Å²) < 4.78 is 5.72. The van der Waals surface area contributed by atoms with Gasteiger partial charge in [0.15, 0.2) is 0 Å². The lowest BCUT2D eigenvalue weighted by atomic mass is 9.47. The fourth-order valence-electron chi connectivity index (χ4n) is 7.55.